The van der Waals surface area contributed by atoms with Gasteiger partial charge in [0.25, 0.3) is 0 Å². The standard InChI is InChI=1S/C34H31N3/c1-26-14-19-30(20-15-26)36(34-21-16-27(2)28(3)24-34)31-22-17-29(18-23-31)25-35-37(32-10-6-4-7-11-32)33-12-8-5-9-13-33/h4-25H,1-3H3. The summed E-state index contributed by atoms with van der Waals surface area (Å²) in [4.78, 5) is 2.30. The van der Waals surface area contributed by atoms with Crippen molar-refractivity contribution in [3.05, 3.63) is 150 Å². The quantitative estimate of drug-likeness (QED) is 0.170. The van der Waals surface area contributed by atoms with Gasteiger partial charge in [-0.25, -0.2) is 5.01 Å². The summed E-state index contributed by atoms with van der Waals surface area (Å²) in [6, 6.07) is 44.3. The van der Waals surface area contributed by atoms with Gasteiger partial charge in [-0.15, -0.1) is 0 Å². The van der Waals surface area contributed by atoms with Crippen LogP contribution in [0.3, 0.4) is 0 Å². The molecule has 0 aromatic heterocycles. The van der Waals surface area contributed by atoms with Crippen molar-refractivity contribution in [3.8, 4) is 0 Å². The number of benzene rings is 5. The average Bonchev–Trinajstić information content (AvgIpc) is 2.94. The summed E-state index contributed by atoms with van der Waals surface area (Å²) in [6.07, 6.45) is 1.91. The van der Waals surface area contributed by atoms with Gasteiger partial charge in [-0.3, -0.25) is 0 Å². The molecule has 0 radical (unpaired) electrons. The van der Waals surface area contributed by atoms with Gasteiger partial charge in [0, 0.05) is 17.1 Å². The summed E-state index contributed by atoms with van der Waals surface area (Å²) in [5, 5.41) is 6.81. The number of hydrazone groups is 1. The fourth-order valence-corrected chi connectivity index (χ4v) is 4.26. The first kappa shape index (κ1) is 24.1. The third-order valence-electron chi connectivity index (χ3n) is 6.52. The van der Waals surface area contributed by atoms with E-state index in [1.165, 1.54) is 16.7 Å². The summed E-state index contributed by atoms with van der Waals surface area (Å²) in [5.41, 5.74) is 10.3. The molecule has 0 aliphatic heterocycles. The minimum atomic E-state index is 1.02. The number of nitrogens with zero attached hydrogens (tertiary/aromatic N) is 3. The van der Waals surface area contributed by atoms with Gasteiger partial charge in [0.2, 0.25) is 0 Å². The lowest BCUT2D eigenvalue weighted by atomic mass is 10.1. The largest absolute Gasteiger partial charge is 0.310 e. The minimum Gasteiger partial charge on any atom is -0.310 e. The molecule has 0 fully saturated rings. The Bertz CT molecular complexity index is 1430. The molecular formula is C34H31N3. The molecule has 0 atom stereocenters. The van der Waals surface area contributed by atoms with E-state index in [1.807, 2.05) is 47.6 Å². The summed E-state index contributed by atoms with van der Waals surface area (Å²) in [6.45, 7) is 6.43. The maximum Gasteiger partial charge on any atom is 0.0652 e. The molecule has 0 saturated carbocycles. The van der Waals surface area contributed by atoms with Gasteiger partial charge < -0.3 is 4.90 Å². The molecular weight excluding hydrogens is 450 g/mol. The van der Waals surface area contributed by atoms with Crippen LogP contribution in [0.2, 0.25) is 0 Å². The summed E-state index contributed by atoms with van der Waals surface area (Å²) in [5.74, 6) is 0. The lowest BCUT2D eigenvalue weighted by Crippen LogP contribution is -2.11. The molecule has 0 saturated heterocycles. The van der Waals surface area contributed by atoms with Gasteiger partial charge in [0.15, 0.2) is 0 Å². The molecule has 37 heavy (non-hydrogen) atoms. The van der Waals surface area contributed by atoms with Gasteiger partial charge >= 0.3 is 0 Å². The first-order chi connectivity index (χ1) is 18.1. The third kappa shape index (κ3) is 5.62. The highest BCUT2D eigenvalue weighted by atomic mass is 15.5. The predicted molar refractivity (Wildman–Crippen MR) is 158 cm³/mol. The van der Waals surface area contributed by atoms with Crippen molar-refractivity contribution in [1.29, 1.82) is 0 Å². The topological polar surface area (TPSA) is 18.8 Å². The number of aryl methyl sites for hydroxylation is 3. The predicted octanol–water partition coefficient (Wildman–Crippen LogP) is 9.25. The Labute approximate surface area is 220 Å². The van der Waals surface area contributed by atoms with Crippen molar-refractivity contribution < 1.29 is 0 Å². The van der Waals surface area contributed by atoms with E-state index in [-0.39, 0.29) is 0 Å². The second kappa shape index (κ2) is 11.0. The van der Waals surface area contributed by atoms with E-state index in [2.05, 4.69) is 117 Å². The Morgan fingerprint density at radius 3 is 1.54 bits per heavy atom. The Morgan fingerprint density at radius 1 is 0.486 bits per heavy atom. The number of hydrogen-bond donors (Lipinski definition) is 0. The molecule has 0 unspecified atom stereocenters. The van der Waals surface area contributed by atoms with Crippen LogP contribution in [0.5, 0.6) is 0 Å². The second-order valence-electron chi connectivity index (χ2n) is 9.26. The number of hydrogen-bond acceptors (Lipinski definition) is 3. The van der Waals surface area contributed by atoms with E-state index < -0.39 is 0 Å². The second-order valence-corrected chi connectivity index (χ2v) is 9.26. The van der Waals surface area contributed by atoms with Crippen LogP contribution < -0.4 is 9.91 Å². The molecule has 0 heterocycles. The van der Waals surface area contributed by atoms with Crippen molar-refractivity contribution in [2.75, 3.05) is 9.91 Å². The summed E-state index contributed by atoms with van der Waals surface area (Å²) < 4.78 is 0. The zero-order valence-electron chi connectivity index (χ0n) is 21.5. The van der Waals surface area contributed by atoms with Crippen molar-refractivity contribution in [2.24, 2.45) is 5.10 Å². The van der Waals surface area contributed by atoms with Crippen LogP contribution in [0.1, 0.15) is 22.3 Å². The molecule has 0 amide bonds. The molecule has 5 aromatic carbocycles. The lowest BCUT2D eigenvalue weighted by Gasteiger charge is -2.26. The van der Waals surface area contributed by atoms with Gasteiger partial charge in [-0.2, -0.15) is 5.10 Å². The van der Waals surface area contributed by atoms with Gasteiger partial charge in [0.1, 0.15) is 0 Å². The molecule has 0 spiro atoms. The van der Waals surface area contributed by atoms with E-state index in [0.29, 0.717) is 0 Å². The molecule has 0 N–H and O–H groups in total. The molecule has 0 bridgehead atoms. The van der Waals surface area contributed by atoms with Crippen LogP contribution in [0.15, 0.2) is 132 Å². The van der Waals surface area contributed by atoms with Gasteiger partial charge in [-0.05, 0) is 98.1 Å². The maximum atomic E-state index is 4.85. The Balaban J connectivity index is 1.47. The van der Waals surface area contributed by atoms with Crippen LogP contribution in [-0.2, 0) is 0 Å². The maximum absolute atomic E-state index is 4.85. The Morgan fingerprint density at radius 2 is 1.00 bits per heavy atom. The van der Waals surface area contributed by atoms with Crippen molar-refractivity contribution in [3.63, 3.8) is 0 Å². The third-order valence-corrected chi connectivity index (χ3v) is 6.52. The zero-order chi connectivity index (χ0) is 25.6. The molecule has 5 aromatic rings. The fourth-order valence-electron chi connectivity index (χ4n) is 4.26. The normalized spacial score (nSPS) is 11.0. The number of anilines is 5. The van der Waals surface area contributed by atoms with E-state index >= 15 is 0 Å². The highest BCUT2D eigenvalue weighted by Crippen LogP contribution is 2.35. The summed E-state index contributed by atoms with van der Waals surface area (Å²) in [7, 11) is 0. The average molecular weight is 482 g/mol. The highest BCUT2D eigenvalue weighted by Gasteiger charge is 2.13. The molecule has 5 rings (SSSR count). The van der Waals surface area contributed by atoms with Crippen molar-refractivity contribution >= 4 is 34.7 Å². The first-order valence-electron chi connectivity index (χ1n) is 12.6. The monoisotopic (exact) mass is 481 g/mol. The molecule has 182 valence electrons. The van der Waals surface area contributed by atoms with Gasteiger partial charge in [-0.1, -0.05) is 72.3 Å². The SMILES string of the molecule is Cc1ccc(N(c2ccc(C=NN(c3ccccc3)c3ccccc3)cc2)c2ccc(C)c(C)c2)cc1. The van der Waals surface area contributed by atoms with Crippen molar-refractivity contribution in [1.82, 2.24) is 0 Å². The zero-order valence-corrected chi connectivity index (χ0v) is 21.5. The van der Waals surface area contributed by atoms with Crippen molar-refractivity contribution in [2.45, 2.75) is 20.8 Å². The smallest absolute Gasteiger partial charge is 0.0652 e. The van der Waals surface area contributed by atoms with Crippen LogP contribution in [0.25, 0.3) is 0 Å². The number of rotatable bonds is 7. The Kier molecular flexibility index (Phi) is 7.14. The molecule has 3 heteroatoms. The summed E-state index contributed by atoms with van der Waals surface area (Å²) >= 11 is 0. The lowest BCUT2D eigenvalue weighted by molar-refractivity contribution is 1.09. The van der Waals surface area contributed by atoms with Crippen LogP contribution >= 0.6 is 0 Å². The van der Waals surface area contributed by atoms with Crippen LogP contribution in [0.4, 0.5) is 28.4 Å². The van der Waals surface area contributed by atoms with Crippen LogP contribution in [-0.4, -0.2) is 6.21 Å². The van der Waals surface area contributed by atoms with Crippen LogP contribution in [0, 0.1) is 20.8 Å². The Hall–Kier alpha value is -4.63. The molecule has 3 nitrogen and oxygen atoms in total. The molecule has 0 aliphatic carbocycles. The number of para-hydroxylation sites is 2. The van der Waals surface area contributed by atoms with Gasteiger partial charge in [0.05, 0.1) is 17.6 Å². The van der Waals surface area contributed by atoms with E-state index in [1.54, 1.807) is 0 Å². The van der Waals surface area contributed by atoms with E-state index in [0.717, 1.165) is 34.0 Å². The highest BCUT2D eigenvalue weighted by molar-refractivity contribution is 5.84. The minimum absolute atomic E-state index is 1.02. The fraction of sp³-hybridized carbons (Fsp3) is 0.0882. The molecule has 0 aliphatic rings. The first-order valence-corrected chi connectivity index (χ1v) is 12.6. The van der Waals surface area contributed by atoms with E-state index in [4.69, 9.17) is 5.10 Å². The van der Waals surface area contributed by atoms with E-state index in [9.17, 15) is 0 Å².